The minimum atomic E-state index is -3.15. The van der Waals surface area contributed by atoms with Crippen molar-refractivity contribution in [3.63, 3.8) is 0 Å². The van der Waals surface area contributed by atoms with E-state index in [2.05, 4.69) is 5.32 Å². The maximum Gasteiger partial charge on any atom is 0.335 e. The van der Waals surface area contributed by atoms with Crippen LogP contribution in [-0.4, -0.2) is 25.2 Å². The highest BCUT2D eigenvalue weighted by Crippen LogP contribution is 2.51. The summed E-state index contributed by atoms with van der Waals surface area (Å²) in [6, 6.07) is 16.1. The van der Waals surface area contributed by atoms with Crippen molar-refractivity contribution < 1.29 is 18.4 Å². The summed E-state index contributed by atoms with van der Waals surface area (Å²) in [6.07, 6.45) is 0.660. The van der Waals surface area contributed by atoms with E-state index in [0.717, 1.165) is 11.1 Å². The number of nitrogens with two attached hydrogens (primary N) is 1. The molecule has 0 saturated carbocycles. The van der Waals surface area contributed by atoms with E-state index in [1.165, 1.54) is 0 Å². The van der Waals surface area contributed by atoms with Crippen molar-refractivity contribution in [2.24, 2.45) is 5.73 Å². The van der Waals surface area contributed by atoms with Gasteiger partial charge in [-0.3, -0.25) is 9.36 Å². The Hall–Kier alpha value is -1.98. The summed E-state index contributed by atoms with van der Waals surface area (Å²) in [4.78, 5) is 12.3. The Morgan fingerprint density at radius 1 is 1.00 bits per heavy atom. The fraction of sp³-hybridized carbons (Fsp3) is 0.350. The molecule has 146 valence electrons. The van der Waals surface area contributed by atoms with E-state index >= 15 is 0 Å². The van der Waals surface area contributed by atoms with Crippen LogP contribution in [0.15, 0.2) is 54.6 Å². The third-order valence-corrected chi connectivity index (χ3v) is 5.94. The summed E-state index contributed by atoms with van der Waals surface area (Å²) in [5.74, 6) is -0.249. The fourth-order valence-corrected chi connectivity index (χ4v) is 4.34. The Bertz CT molecular complexity index is 755. The predicted molar refractivity (Wildman–Crippen MR) is 108 cm³/mol. The van der Waals surface area contributed by atoms with Gasteiger partial charge >= 0.3 is 7.60 Å². The highest BCUT2D eigenvalue weighted by atomic mass is 31.2. The zero-order chi connectivity index (χ0) is 19.7. The van der Waals surface area contributed by atoms with Gasteiger partial charge < -0.3 is 20.1 Å². The number of nitrogens with one attached hydrogen (secondary N) is 1. The summed E-state index contributed by atoms with van der Waals surface area (Å²) in [6.45, 7) is 4.21. The molecule has 1 unspecified atom stereocenters. The largest absolute Gasteiger partial charge is 0.335 e. The van der Waals surface area contributed by atoms with Crippen molar-refractivity contribution in [3.8, 4) is 0 Å². The number of benzene rings is 2. The zero-order valence-electron chi connectivity index (χ0n) is 15.8. The molecule has 2 rings (SSSR count). The first-order valence-electron chi connectivity index (χ1n) is 9.03. The molecule has 2 aromatic rings. The molecule has 27 heavy (non-hydrogen) atoms. The molecule has 0 fully saturated rings. The van der Waals surface area contributed by atoms with Crippen LogP contribution >= 0.6 is 7.60 Å². The van der Waals surface area contributed by atoms with Crippen LogP contribution < -0.4 is 11.1 Å². The van der Waals surface area contributed by atoms with Crippen molar-refractivity contribution in [1.82, 2.24) is 0 Å². The average Bonchev–Trinajstić information content (AvgIpc) is 2.64. The van der Waals surface area contributed by atoms with Crippen LogP contribution in [0.3, 0.4) is 0 Å². The monoisotopic (exact) mass is 390 g/mol. The highest BCUT2D eigenvalue weighted by molar-refractivity contribution is 7.53. The molecule has 2 aromatic carbocycles. The van der Waals surface area contributed by atoms with Crippen molar-refractivity contribution >= 4 is 19.2 Å². The lowest BCUT2D eigenvalue weighted by atomic mass is 10.1. The van der Waals surface area contributed by atoms with Crippen LogP contribution in [0, 0.1) is 0 Å². The number of anilines is 1. The van der Waals surface area contributed by atoms with E-state index in [0.29, 0.717) is 25.3 Å². The van der Waals surface area contributed by atoms with Gasteiger partial charge in [-0.2, -0.15) is 0 Å². The zero-order valence-corrected chi connectivity index (χ0v) is 16.7. The molecule has 1 atom stereocenters. The van der Waals surface area contributed by atoms with Gasteiger partial charge in [0.15, 0.2) is 0 Å². The van der Waals surface area contributed by atoms with Gasteiger partial charge in [-0.15, -0.1) is 0 Å². The van der Waals surface area contributed by atoms with Gasteiger partial charge in [0.25, 0.3) is 0 Å². The van der Waals surface area contributed by atoms with E-state index in [4.69, 9.17) is 14.8 Å². The van der Waals surface area contributed by atoms with E-state index in [1.807, 2.05) is 30.3 Å². The SMILES string of the molecule is CCOP(=O)(Cc1ccc(NC(=O)C(N)Cc2ccccc2)cc1)OCC. The van der Waals surface area contributed by atoms with Gasteiger partial charge in [0.1, 0.15) is 0 Å². The van der Waals surface area contributed by atoms with Gasteiger partial charge in [-0.1, -0.05) is 42.5 Å². The summed E-state index contributed by atoms with van der Waals surface area (Å²) in [5.41, 5.74) is 8.45. The van der Waals surface area contributed by atoms with E-state index in [1.54, 1.807) is 38.1 Å². The Kier molecular flexibility index (Phi) is 8.20. The first-order chi connectivity index (χ1) is 13.0. The lowest BCUT2D eigenvalue weighted by molar-refractivity contribution is -0.117. The van der Waals surface area contributed by atoms with Crippen LogP contribution in [0.2, 0.25) is 0 Å². The molecule has 6 nitrogen and oxygen atoms in total. The van der Waals surface area contributed by atoms with Crippen molar-refractivity contribution in [3.05, 3.63) is 65.7 Å². The molecule has 3 N–H and O–H groups in total. The lowest BCUT2D eigenvalue weighted by Gasteiger charge is -2.17. The number of hydrogen-bond donors (Lipinski definition) is 2. The first-order valence-corrected chi connectivity index (χ1v) is 10.8. The molecule has 0 aliphatic heterocycles. The first kappa shape index (κ1) is 21.3. The molecule has 0 saturated heterocycles. The standard InChI is InChI=1S/C20H27N2O4P/c1-3-25-27(24,26-4-2)15-17-10-12-18(13-11-17)22-20(23)19(21)14-16-8-6-5-7-9-16/h5-13,19H,3-4,14-15,21H2,1-2H3,(H,22,23). The van der Waals surface area contributed by atoms with Gasteiger partial charge in [-0.25, -0.2) is 0 Å². The van der Waals surface area contributed by atoms with Crippen LogP contribution in [0.4, 0.5) is 5.69 Å². The predicted octanol–water partition coefficient (Wildman–Crippen LogP) is 3.96. The second kappa shape index (κ2) is 10.4. The molecule has 0 spiro atoms. The Morgan fingerprint density at radius 3 is 2.15 bits per heavy atom. The van der Waals surface area contributed by atoms with Crippen LogP contribution in [0.25, 0.3) is 0 Å². The average molecular weight is 390 g/mol. The van der Waals surface area contributed by atoms with Gasteiger partial charge in [0.05, 0.1) is 25.4 Å². The summed E-state index contributed by atoms with van der Waals surface area (Å²) >= 11 is 0. The molecule has 7 heteroatoms. The highest BCUT2D eigenvalue weighted by Gasteiger charge is 2.24. The summed E-state index contributed by atoms with van der Waals surface area (Å²) in [5, 5.41) is 2.81. The number of carbonyl (C=O) groups excluding carboxylic acids is 1. The minimum Gasteiger partial charge on any atom is -0.325 e. The number of rotatable bonds is 10. The minimum absolute atomic E-state index is 0.191. The van der Waals surface area contributed by atoms with Crippen LogP contribution in [0.1, 0.15) is 25.0 Å². The molecular weight excluding hydrogens is 363 g/mol. The van der Waals surface area contributed by atoms with Gasteiger partial charge in [-0.05, 0) is 43.5 Å². The lowest BCUT2D eigenvalue weighted by Crippen LogP contribution is -2.37. The van der Waals surface area contributed by atoms with Crippen LogP contribution in [-0.2, 0) is 31.0 Å². The third-order valence-electron chi connectivity index (χ3n) is 3.88. The molecule has 1 amide bonds. The fourth-order valence-electron chi connectivity index (χ4n) is 2.63. The normalized spacial score (nSPS) is 12.6. The second-order valence-corrected chi connectivity index (χ2v) is 8.14. The summed E-state index contributed by atoms with van der Waals surface area (Å²) < 4.78 is 23.2. The molecule has 0 heterocycles. The van der Waals surface area contributed by atoms with Gasteiger partial charge in [0.2, 0.25) is 5.91 Å². The Labute approximate surface area is 160 Å². The maximum absolute atomic E-state index is 12.6. The number of hydrogen-bond acceptors (Lipinski definition) is 5. The second-order valence-electron chi connectivity index (χ2n) is 6.09. The van der Waals surface area contributed by atoms with Crippen LogP contribution in [0.5, 0.6) is 0 Å². The number of amides is 1. The quantitative estimate of drug-likeness (QED) is 0.599. The third kappa shape index (κ3) is 6.92. The van der Waals surface area contributed by atoms with Crippen molar-refractivity contribution in [2.75, 3.05) is 18.5 Å². The topological polar surface area (TPSA) is 90.7 Å². The van der Waals surface area contributed by atoms with Gasteiger partial charge in [0, 0.05) is 5.69 Å². The molecule has 0 aromatic heterocycles. The smallest absolute Gasteiger partial charge is 0.325 e. The summed E-state index contributed by atoms with van der Waals surface area (Å²) in [7, 11) is -3.15. The number of carbonyl (C=O) groups is 1. The molecule has 0 aliphatic carbocycles. The van der Waals surface area contributed by atoms with Crippen molar-refractivity contribution in [1.29, 1.82) is 0 Å². The van der Waals surface area contributed by atoms with Crippen molar-refractivity contribution in [2.45, 2.75) is 32.5 Å². The van der Waals surface area contributed by atoms with E-state index in [-0.39, 0.29) is 12.1 Å². The molecule has 0 radical (unpaired) electrons. The van der Waals surface area contributed by atoms with E-state index < -0.39 is 13.6 Å². The maximum atomic E-state index is 12.6. The Morgan fingerprint density at radius 2 is 1.59 bits per heavy atom. The molecule has 0 bridgehead atoms. The van der Waals surface area contributed by atoms with E-state index in [9.17, 15) is 9.36 Å². The molecular formula is C20H27N2O4P. The Balaban J connectivity index is 1.94. The molecule has 0 aliphatic rings.